The van der Waals surface area contributed by atoms with Gasteiger partial charge in [-0.1, -0.05) is 23.7 Å². The first kappa shape index (κ1) is 10.9. The molecule has 0 N–H and O–H groups in total. The van der Waals surface area contributed by atoms with Gasteiger partial charge in [0.05, 0.1) is 22.9 Å². The van der Waals surface area contributed by atoms with E-state index in [0.717, 1.165) is 11.4 Å². The third-order valence-corrected chi connectivity index (χ3v) is 2.78. The molecule has 0 fully saturated rings. The van der Waals surface area contributed by atoms with Crippen LogP contribution in [-0.4, -0.2) is 30.0 Å². The monoisotopic (exact) mass is 260 g/mol. The molecule has 0 unspecified atom stereocenters. The van der Waals surface area contributed by atoms with E-state index in [1.165, 1.54) is 0 Å². The largest absolute Gasteiger partial charge is 0.239 e. The average Bonchev–Trinajstić information content (AvgIpc) is 3.02. The van der Waals surface area contributed by atoms with Gasteiger partial charge in [0, 0.05) is 6.20 Å². The molecule has 2 aromatic heterocycles. The third kappa shape index (κ3) is 2.10. The molecule has 0 saturated carbocycles. The summed E-state index contributed by atoms with van der Waals surface area (Å²) < 4.78 is 3.35. The van der Waals surface area contributed by atoms with Gasteiger partial charge in [0.15, 0.2) is 0 Å². The maximum absolute atomic E-state index is 6.11. The Bertz CT molecular complexity index is 645. The van der Waals surface area contributed by atoms with Gasteiger partial charge in [0.1, 0.15) is 6.33 Å². The van der Waals surface area contributed by atoms with Gasteiger partial charge in [-0.3, -0.25) is 0 Å². The highest BCUT2D eigenvalue weighted by Crippen LogP contribution is 2.19. The van der Waals surface area contributed by atoms with E-state index in [4.69, 9.17) is 11.6 Å². The zero-order valence-electron chi connectivity index (χ0n) is 9.31. The molecule has 18 heavy (non-hydrogen) atoms. The summed E-state index contributed by atoms with van der Waals surface area (Å²) in [7, 11) is 0. The molecule has 0 atom stereocenters. The molecule has 0 aliphatic heterocycles. The quantitative estimate of drug-likeness (QED) is 0.717. The highest BCUT2D eigenvalue weighted by molar-refractivity contribution is 6.32. The fourth-order valence-corrected chi connectivity index (χ4v) is 1.86. The van der Waals surface area contributed by atoms with E-state index in [-0.39, 0.29) is 0 Å². The molecule has 0 aliphatic rings. The number of rotatable bonds is 3. The van der Waals surface area contributed by atoms with Crippen molar-refractivity contribution in [1.29, 1.82) is 0 Å². The van der Waals surface area contributed by atoms with Crippen molar-refractivity contribution < 1.29 is 0 Å². The molecular weight excluding hydrogens is 252 g/mol. The lowest BCUT2D eigenvalue weighted by atomic mass is 10.3. The molecule has 0 bridgehead atoms. The van der Waals surface area contributed by atoms with Crippen LogP contribution in [0.5, 0.6) is 0 Å². The SMILES string of the molecule is Clc1ccccc1-n1ccc(Cn2cnnn2)n1. The van der Waals surface area contributed by atoms with Crippen LogP contribution < -0.4 is 0 Å². The Labute approximate surface area is 108 Å². The minimum Gasteiger partial charge on any atom is -0.239 e. The van der Waals surface area contributed by atoms with Crippen LogP contribution in [0.15, 0.2) is 42.9 Å². The molecule has 0 radical (unpaired) electrons. The third-order valence-electron chi connectivity index (χ3n) is 2.46. The summed E-state index contributed by atoms with van der Waals surface area (Å²) in [6.45, 7) is 0.532. The summed E-state index contributed by atoms with van der Waals surface area (Å²) in [6.07, 6.45) is 3.41. The zero-order valence-corrected chi connectivity index (χ0v) is 10.1. The van der Waals surface area contributed by atoms with E-state index in [1.54, 1.807) is 15.7 Å². The topological polar surface area (TPSA) is 61.4 Å². The van der Waals surface area contributed by atoms with Gasteiger partial charge >= 0.3 is 0 Å². The van der Waals surface area contributed by atoms with Crippen molar-refractivity contribution >= 4 is 11.6 Å². The number of tetrazole rings is 1. The average molecular weight is 261 g/mol. The van der Waals surface area contributed by atoms with Crippen molar-refractivity contribution in [3.8, 4) is 5.69 Å². The lowest BCUT2D eigenvalue weighted by molar-refractivity contribution is 0.631. The standard InChI is InChI=1S/C11H9ClN6/c12-10-3-1-2-4-11(10)18-6-5-9(14-18)7-17-8-13-15-16-17/h1-6,8H,7H2. The fourth-order valence-electron chi connectivity index (χ4n) is 1.64. The van der Waals surface area contributed by atoms with Crippen LogP contribution in [0, 0.1) is 0 Å². The van der Waals surface area contributed by atoms with Crippen LogP contribution in [-0.2, 0) is 6.54 Å². The van der Waals surface area contributed by atoms with Gasteiger partial charge in [-0.15, -0.1) is 5.10 Å². The maximum Gasteiger partial charge on any atom is 0.138 e. The Hall–Kier alpha value is -2.21. The Balaban J connectivity index is 1.88. The summed E-state index contributed by atoms with van der Waals surface area (Å²) in [6, 6.07) is 9.46. The number of para-hydroxylation sites is 1. The van der Waals surface area contributed by atoms with Crippen LogP contribution in [0.2, 0.25) is 5.02 Å². The summed E-state index contributed by atoms with van der Waals surface area (Å²) in [5, 5.41) is 16.0. The highest BCUT2D eigenvalue weighted by atomic mass is 35.5. The summed E-state index contributed by atoms with van der Waals surface area (Å²) in [5.74, 6) is 0. The number of halogens is 1. The zero-order chi connectivity index (χ0) is 12.4. The van der Waals surface area contributed by atoms with Gasteiger partial charge in [-0.05, 0) is 28.6 Å². The predicted molar refractivity (Wildman–Crippen MR) is 65.5 cm³/mol. The van der Waals surface area contributed by atoms with E-state index >= 15 is 0 Å². The van der Waals surface area contributed by atoms with E-state index in [9.17, 15) is 0 Å². The van der Waals surface area contributed by atoms with Crippen molar-refractivity contribution in [2.45, 2.75) is 6.54 Å². The van der Waals surface area contributed by atoms with E-state index < -0.39 is 0 Å². The molecule has 7 heteroatoms. The molecule has 0 amide bonds. The first-order valence-corrected chi connectivity index (χ1v) is 5.71. The van der Waals surface area contributed by atoms with E-state index in [1.807, 2.05) is 36.5 Å². The summed E-state index contributed by atoms with van der Waals surface area (Å²) in [5.41, 5.74) is 1.71. The molecule has 0 saturated heterocycles. The molecule has 3 aromatic rings. The minimum atomic E-state index is 0.532. The second-order valence-corrected chi connectivity index (χ2v) is 4.12. The number of nitrogens with zero attached hydrogens (tertiary/aromatic N) is 6. The number of aromatic nitrogens is 6. The molecule has 2 heterocycles. The lowest BCUT2D eigenvalue weighted by Gasteiger charge is -2.03. The first-order valence-electron chi connectivity index (χ1n) is 5.33. The number of hydrogen-bond donors (Lipinski definition) is 0. The van der Waals surface area contributed by atoms with Crippen LogP contribution in [0.3, 0.4) is 0 Å². The fraction of sp³-hybridized carbons (Fsp3) is 0.0909. The van der Waals surface area contributed by atoms with Crippen LogP contribution in [0.4, 0.5) is 0 Å². The van der Waals surface area contributed by atoms with Crippen molar-refractivity contribution in [2.75, 3.05) is 0 Å². The Morgan fingerprint density at radius 1 is 1.17 bits per heavy atom. The second-order valence-electron chi connectivity index (χ2n) is 3.71. The molecule has 3 rings (SSSR count). The predicted octanol–water partition coefficient (Wildman–Crippen LogP) is 1.56. The van der Waals surface area contributed by atoms with Crippen LogP contribution in [0.1, 0.15) is 5.69 Å². The summed E-state index contributed by atoms with van der Waals surface area (Å²) >= 11 is 6.11. The lowest BCUT2D eigenvalue weighted by Crippen LogP contribution is -2.03. The normalized spacial score (nSPS) is 10.7. The molecule has 6 nitrogen and oxygen atoms in total. The Morgan fingerprint density at radius 3 is 2.83 bits per heavy atom. The smallest absolute Gasteiger partial charge is 0.138 e. The van der Waals surface area contributed by atoms with E-state index in [2.05, 4.69) is 20.6 Å². The second kappa shape index (κ2) is 4.58. The van der Waals surface area contributed by atoms with Gasteiger partial charge in [0.2, 0.25) is 0 Å². The van der Waals surface area contributed by atoms with Crippen molar-refractivity contribution in [1.82, 2.24) is 30.0 Å². The maximum atomic E-state index is 6.11. The highest BCUT2D eigenvalue weighted by Gasteiger charge is 2.05. The van der Waals surface area contributed by atoms with Crippen molar-refractivity contribution in [3.05, 3.63) is 53.6 Å². The number of hydrogen-bond acceptors (Lipinski definition) is 4. The number of benzene rings is 1. The minimum absolute atomic E-state index is 0.532. The van der Waals surface area contributed by atoms with Crippen LogP contribution in [0.25, 0.3) is 5.69 Å². The molecular formula is C11H9ClN6. The molecule has 0 aliphatic carbocycles. The first-order chi connectivity index (χ1) is 8.83. The van der Waals surface area contributed by atoms with Gasteiger partial charge in [-0.2, -0.15) is 5.10 Å². The van der Waals surface area contributed by atoms with Crippen molar-refractivity contribution in [3.63, 3.8) is 0 Å². The molecule has 0 spiro atoms. The van der Waals surface area contributed by atoms with Gasteiger partial charge in [0.25, 0.3) is 0 Å². The van der Waals surface area contributed by atoms with E-state index in [0.29, 0.717) is 11.6 Å². The molecule has 1 aromatic carbocycles. The summed E-state index contributed by atoms with van der Waals surface area (Å²) in [4.78, 5) is 0. The van der Waals surface area contributed by atoms with Gasteiger partial charge < -0.3 is 0 Å². The molecule has 90 valence electrons. The Morgan fingerprint density at radius 2 is 2.06 bits per heavy atom. The van der Waals surface area contributed by atoms with Gasteiger partial charge in [-0.25, -0.2) is 9.36 Å². The van der Waals surface area contributed by atoms with Crippen LogP contribution >= 0.6 is 11.6 Å². The Kier molecular flexibility index (Phi) is 2.77. The van der Waals surface area contributed by atoms with Crippen molar-refractivity contribution in [2.24, 2.45) is 0 Å².